The topological polar surface area (TPSA) is 26.3 Å². The van der Waals surface area contributed by atoms with Gasteiger partial charge in [-0.2, -0.15) is 0 Å². The highest BCUT2D eigenvalue weighted by atomic mass is 35.5. The Balaban J connectivity index is 2.95. The van der Waals surface area contributed by atoms with Crippen molar-refractivity contribution in [1.29, 1.82) is 0 Å². The Hall–Kier alpha value is -1.02. The normalized spacial score (nSPS) is 10.1. The van der Waals surface area contributed by atoms with Crippen LogP contribution in [0.15, 0.2) is 18.2 Å². The third kappa shape index (κ3) is 2.96. The third-order valence-electron chi connectivity index (χ3n) is 2.43. The highest BCUT2D eigenvalue weighted by molar-refractivity contribution is 6.17. The number of benzene rings is 1. The molecule has 0 amide bonds. The minimum absolute atomic E-state index is 0.278. The Kier molecular flexibility index (Phi) is 4.63. The van der Waals surface area contributed by atoms with Crippen molar-refractivity contribution in [2.75, 3.05) is 13.0 Å². The van der Waals surface area contributed by atoms with Gasteiger partial charge in [-0.25, -0.2) is 4.79 Å². The molecule has 0 saturated carbocycles. The van der Waals surface area contributed by atoms with Gasteiger partial charge in [-0.05, 0) is 37.0 Å². The summed E-state index contributed by atoms with van der Waals surface area (Å²) in [6.07, 6.45) is 1.83. The predicted octanol–water partition coefficient (Wildman–Crippen LogP) is 2.95. The first kappa shape index (κ1) is 12.1. The van der Waals surface area contributed by atoms with E-state index < -0.39 is 0 Å². The van der Waals surface area contributed by atoms with Crippen LogP contribution in [-0.2, 0) is 11.2 Å². The highest BCUT2D eigenvalue weighted by Crippen LogP contribution is 2.16. The Morgan fingerprint density at radius 3 is 2.80 bits per heavy atom. The lowest BCUT2D eigenvalue weighted by Gasteiger charge is -2.08. The van der Waals surface area contributed by atoms with Crippen LogP contribution >= 0.6 is 11.6 Å². The van der Waals surface area contributed by atoms with Gasteiger partial charge >= 0.3 is 5.97 Å². The van der Waals surface area contributed by atoms with E-state index in [4.69, 9.17) is 16.3 Å². The number of carbonyl (C=O) groups excluding carboxylic acids is 1. The van der Waals surface area contributed by atoms with Crippen LogP contribution in [-0.4, -0.2) is 19.0 Å². The van der Waals surface area contributed by atoms with Crippen molar-refractivity contribution in [2.24, 2.45) is 0 Å². The van der Waals surface area contributed by atoms with E-state index >= 15 is 0 Å². The molecule has 0 spiro atoms. The number of hydrogen-bond acceptors (Lipinski definition) is 2. The highest BCUT2D eigenvalue weighted by Gasteiger charge is 2.10. The van der Waals surface area contributed by atoms with E-state index in [1.54, 1.807) is 6.07 Å². The third-order valence-corrected chi connectivity index (χ3v) is 2.70. The average molecular weight is 227 g/mol. The molecule has 15 heavy (non-hydrogen) atoms. The number of ether oxygens (including phenoxy) is 1. The van der Waals surface area contributed by atoms with Crippen molar-refractivity contribution in [1.82, 2.24) is 0 Å². The van der Waals surface area contributed by atoms with Crippen molar-refractivity contribution in [2.45, 2.75) is 19.8 Å². The molecule has 0 aliphatic rings. The minimum Gasteiger partial charge on any atom is -0.465 e. The van der Waals surface area contributed by atoms with Crippen molar-refractivity contribution in [3.8, 4) is 0 Å². The first-order valence-corrected chi connectivity index (χ1v) is 5.47. The van der Waals surface area contributed by atoms with Gasteiger partial charge in [-0.3, -0.25) is 0 Å². The van der Waals surface area contributed by atoms with Crippen molar-refractivity contribution in [3.05, 3.63) is 34.9 Å². The van der Waals surface area contributed by atoms with E-state index in [0.717, 1.165) is 18.4 Å². The average Bonchev–Trinajstić information content (AvgIpc) is 2.27. The van der Waals surface area contributed by atoms with E-state index in [0.29, 0.717) is 11.4 Å². The maximum Gasteiger partial charge on any atom is 0.338 e. The maximum absolute atomic E-state index is 11.4. The molecule has 1 aromatic rings. The van der Waals surface area contributed by atoms with Gasteiger partial charge in [-0.1, -0.05) is 12.1 Å². The van der Waals surface area contributed by atoms with Crippen LogP contribution < -0.4 is 0 Å². The summed E-state index contributed by atoms with van der Waals surface area (Å²) in [5, 5.41) is 0. The van der Waals surface area contributed by atoms with Crippen LogP contribution in [0.5, 0.6) is 0 Å². The van der Waals surface area contributed by atoms with Gasteiger partial charge in [0, 0.05) is 5.88 Å². The van der Waals surface area contributed by atoms with Crippen molar-refractivity contribution < 1.29 is 9.53 Å². The molecule has 0 aromatic heterocycles. The molecule has 0 atom stereocenters. The van der Waals surface area contributed by atoms with Gasteiger partial charge in [0.25, 0.3) is 0 Å². The fourth-order valence-electron chi connectivity index (χ4n) is 1.54. The van der Waals surface area contributed by atoms with E-state index in [1.165, 1.54) is 12.7 Å². The summed E-state index contributed by atoms with van der Waals surface area (Å²) in [5.74, 6) is 0.363. The standard InChI is InChI=1S/C12H15ClO2/c1-9-10(6-4-8-13)5-3-7-11(9)12(14)15-2/h3,5,7H,4,6,8H2,1-2H3. The van der Waals surface area contributed by atoms with Gasteiger partial charge in [0.05, 0.1) is 12.7 Å². The summed E-state index contributed by atoms with van der Waals surface area (Å²) in [5.41, 5.74) is 2.80. The summed E-state index contributed by atoms with van der Waals surface area (Å²) >= 11 is 5.64. The molecule has 1 aromatic carbocycles. The zero-order valence-electron chi connectivity index (χ0n) is 9.05. The molecular formula is C12H15ClO2. The molecule has 0 bridgehead atoms. The van der Waals surface area contributed by atoms with Gasteiger partial charge in [0.15, 0.2) is 0 Å². The fraction of sp³-hybridized carbons (Fsp3) is 0.417. The molecule has 0 N–H and O–H groups in total. The lowest BCUT2D eigenvalue weighted by atomic mass is 9.99. The van der Waals surface area contributed by atoms with Crippen LogP contribution in [0.4, 0.5) is 0 Å². The van der Waals surface area contributed by atoms with Crippen molar-refractivity contribution in [3.63, 3.8) is 0 Å². The Morgan fingerprint density at radius 1 is 1.47 bits per heavy atom. The van der Waals surface area contributed by atoms with Crippen LogP contribution in [0.2, 0.25) is 0 Å². The molecule has 0 aliphatic carbocycles. The van der Waals surface area contributed by atoms with E-state index in [9.17, 15) is 4.79 Å². The number of methoxy groups -OCH3 is 1. The first-order chi connectivity index (χ1) is 7.20. The van der Waals surface area contributed by atoms with Gasteiger partial charge in [0.1, 0.15) is 0 Å². The lowest BCUT2D eigenvalue weighted by molar-refractivity contribution is 0.0600. The second-order valence-electron chi connectivity index (χ2n) is 3.37. The molecular weight excluding hydrogens is 212 g/mol. The Bertz CT molecular complexity index is 347. The van der Waals surface area contributed by atoms with Gasteiger partial charge in [-0.15, -0.1) is 11.6 Å². The zero-order valence-corrected chi connectivity index (χ0v) is 9.80. The molecule has 0 radical (unpaired) electrons. The molecule has 2 nitrogen and oxygen atoms in total. The molecule has 82 valence electrons. The quantitative estimate of drug-likeness (QED) is 0.583. The smallest absolute Gasteiger partial charge is 0.338 e. The van der Waals surface area contributed by atoms with Crippen LogP contribution in [0.25, 0.3) is 0 Å². The number of carbonyl (C=O) groups is 1. The Morgan fingerprint density at radius 2 is 2.20 bits per heavy atom. The Labute approximate surface area is 95.2 Å². The SMILES string of the molecule is COC(=O)c1cccc(CCCCl)c1C. The molecule has 1 rings (SSSR count). The summed E-state index contributed by atoms with van der Waals surface area (Å²) in [6.45, 7) is 1.94. The second-order valence-corrected chi connectivity index (χ2v) is 3.75. The summed E-state index contributed by atoms with van der Waals surface area (Å²) < 4.78 is 4.71. The molecule has 0 unspecified atom stereocenters. The van der Waals surface area contributed by atoms with E-state index in [-0.39, 0.29) is 5.97 Å². The number of halogens is 1. The van der Waals surface area contributed by atoms with Crippen molar-refractivity contribution >= 4 is 17.6 Å². The number of alkyl halides is 1. The summed E-state index contributed by atoms with van der Waals surface area (Å²) in [4.78, 5) is 11.4. The number of esters is 1. The zero-order chi connectivity index (χ0) is 11.3. The van der Waals surface area contributed by atoms with E-state index in [1.807, 2.05) is 19.1 Å². The van der Waals surface area contributed by atoms with E-state index in [2.05, 4.69) is 0 Å². The lowest BCUT2D eigenvalue weighted by Crippen LogP contribution is -2.05. The van der Waals surface area contributed by atoms with Crippen LogP contribution in [0, 0.1) is 6.92 Å². The van der Waals surface area contributed by atoms with Crippen LogP contribution in [0.3, 0.4) is 0 Å². The first-order valence-electron chi connectivity index (χ1n) is 4.93. The molecule has 0 aliphatic heterocycles. The van der Waals surface area contributed by atoms with Crippen LogP contribution in [0.1, 0.15) is 27.9 Å². The maximum atomic E-state index is 11.4. The van der Waals surface area contributed by atoms with Gasteiger partial charge in [0.2, 0.25) is 0 Å². The predicted molar refractivity (Wildman–Crippen MR) is 61.6 cm³/mol. The number of rotatable bonds is 4. The molecule has 3 heteroatoms. The largest absolute Gasteiger partial charge is 0.465 e. The minimum atomic E-state index is -0.278. The number of hydrogen-bond donors (Lipinski definition) is 0. The van der Waals surface area contributed by atoms with Gasteiger partial charge < -0.3 is 4.74 Å². The summed E-state index contributed by atoms with van der Waals surface area (Å²) in [7, 11) is 1.40. The molecule has 0 heterocycles. The fourth-order valence-corrected chi connectivity index (χ4v) is 1.68. The second kappa shape index (κ2) is 5.76. The molecule has 0 saturated heterocycles. The number of aryl methyl sites for hydroxylation is 1. The molecule has 0 fully saturated rings. The summed E-state index contributed by atoms with van der Waals surface area (Å²) in [6, 6.07) is 5.68. The monoisotopic (exact) mass is 226 g/mol.